The largest absolute Gasteiger partial charge is 0.497 e. The zero-order valence-electron chi connectivity index (χ0n) is 19.9. The van der Waals surface area contributed by atoms with Crippen LogP contribution in [-0.4, -0.2) is 30.1 Å². The number of nitrogens with one attached hydrogen (secondary N) is 1. The zero-order valence-corrected chi connectivity index (χ0v) is 20.7. The van der Waals surface area contributed by atoms with Crippen LogP contribution in [0.3, 0.4) is 0 Å². The van der Waals surface area contributed by atoms with E-state index in [1.54, 1.807) is 31.4 Å². The van der Waals surface area contributed by atoms with Crippen LogP contribution in [0.4, 0.5) is 5.69 Å². The third kappa shape index (κ3) is 4.88. The molecule has 1 N–H and O–H groups in total. The normalized spacial score (nSPS) is 14.2. The highest BCUT2D eigenvalue weighted by Crippen LogP contribution is 2.31. The fourth-order valence-electron chi connectivity index (χ4n) is 4.48. The summed E-state index contributed by atoms with van der Waals surface area (Å²) < 4.78 is 6.46. The molecule has 0 bridgehead atoms. The van der Waals surface area contributed by atoms with Crippen molar-refractivity contribution >= 4 is 44.5 Å². The lowest BCUT2D eigenvalue weighted by atomic mass is 9.85. The van der Waals surface area contributed by atoms with E-state index in [0.717, 1.165) is 39.1 Å². The molecule has 0 radical (unpaired) electrons. The van der Waals surface area contributed by atoms with E-state index in [1.165, 1.54) is 11.3 Å². The first kappa shape index (κ1) is 23.0. The molecule has 4 aromatic rings. The molecule has 0 aliphatic carbocycles. The quantitative estimate of drug-likeness (QED) is 0.317. The minimum Gasteiger partial charge on any atom is -0.497 e. The summed E-state index contributed by atoms with van der Waals surface area (Å²) in [5, 5.41) is 3.98. The Morgan fingerprint density at radius 3 is 2.66 bits per heavy atom. The predicted molar refractivity (Wildman–Crippen MR) is 142 cm³/mol. The van der Waals surface area contributed by atoms with Crippen LogP contribution in [0.15, 0.2) is 77.8 Å². The maximum absolute atomic E-state index is 13.3. The van der Waals surface area contributed by atoms with Crippen molar-refractivity contribution in [2.24, 2.45) is 4.99 Å². The second kappa shape index (κ2) is 9.12. The fourth-order valence-corrected chi connectivity index (χ4v) is 5.44. The molecule has 0 unspecified atom stereocenters. The number of ether oxygens (including phenoxy) is 1. The lowest BCUT2D eigenvalue weighted by Gasteiger charge is -2.29. The van der Waals surface area contributed by atoms with Gasteiger partial charge in [-0.3, -0.25) is 14.6 Å². The van der Waals surface area contributed by atoms with Crippen molar-refractivity contribution in [3.8, 4) is 5.75 Å². The molecule has 0 spiro atoms. The number of anilines is 1. The lowest BCUT2D eigenvalue weighted by molar-refractivity contribution is 0.0997. The molecule has 1 aliphatic rings. The molecule has 6 heteroatoms. The molecule has 1 aliphatic heterocycles. The summed E-state index contributed by atoms with van der Waals surface area (Å²) in [6.07, 6.45) is 0.987. The molecular formula is C29H26N2O3S. The number of methoxy groups -OCH3 is 1. The lowest BCUT2D eigenvalue weighted by Crippen LogP contribution is -2.30. The number of amides is 1. The van der Waals surface area contributed by atoms with Gasteiger partial charge in [-0.2, -0.15) is 0 Å². The molecule has 0 atom stereocenters. The smallest absolute Gasteiger partial charge is 0.265 e. The Kier molecular flexibility index (Phi) is 5.99. The van der Waals surface area contributed by atoms with Crippen molar-refractivity contribution in [2.45, 2.75) is 32.2 Å². The predicted octanol–water partition coefficient (Wildman–Crippen LogP) is 6.56. The third-order valence-electron chi connectivity index (χ3n) is 6.11. The molecule has 5 rings (SSSR count). The maximum Gasteiger partial charge on any atom is 0.265 e. The maximum atomic E-state index is 13.3. The number of rotatable bonds is 6. The van der Waals surface area contributed by atoms with Gasteiger partial charge in [-0.05, 0) is 67.6 Å². The highest BCUT2D eigenvalue weighted by molar-refractivity contribution is 7.20. The van der Waals surface area contributed by atoms with Crippen molar-refractivity contribution in [1.29, 1.82) is 0 Å². The van der Waals surface area contributed by atoms with Gasteiger partial charge in [-0.1, -0.05) is 36.4 Å². The molecule has 0 fully saturated rings. The van der Waals surface area contributed by atoms with E-state index < -0.39 is 0 Å². The first-order valence-electron chi connectivity index (χ1n) is 11.5. The van der Waals surface area contributed by atoms with Crippen LogP contribution >= 0.6 is 11.3 Å². The molecule has 0 saturated heterocycles. The number of aliphatic imine (C=N–C) groups is 1. The summed E-state index contributed by atoms with van der Waals surface area (Å²) in [4.78, 5) is 31.7. The highest BCUT2D eigenvalue weighted by Gasteiger charge is 2.28. The molecule has 3 aromatic carbocycles. The summed E-state index contributed by atoms with van der Waals surface area (Å²) in [5.74, 6) is 0.512. The van der Waals surface area contributed by atoms with Crippen molar-refractivity contribution in [3.05, 3.63) is 94.4 Å². The van der Waals surface area contributed by atoms with Gasteiger partial charge >= 0.3 is 0 Å². The van der Waals surface area contributed by atoms with Crippen LogP contribution < -0.4 is 10.1 Å². The van der Waals surface area contributed by atoms with Crippen LogP contribution in [0.5, 0.6) is 5.75 Å². The number of carbonyl (C=O) groups excluding carboxylic acids is 2. The van der Waals surface area contributed by atoms with Gasteiger partial charge in [0.15, 0.2) is 5.78 Å². The fraction of sp³-hybridized carbons (Fsp3) is 0.207. The van der Waals surface area contributed by atoms with Crippen molar-refractivity contribution in [1.82, 2.24) is 0 Å². The second-order valence-corrected chi connectivity index (χ2v) is 10.4. The number of fused-ring (bicyclic) bond motifs is 2. The van der Waals surface area contributed by atoms with Crippen LogP contribution in [0.25, 0.3) is 10.1 Å². The van der Waals surface area contributed by atoms with Crippen molar-refractivity contribution in [2.75, 3.05) is 12.4 Å². The summed E-state index contributed by atoms with van der Waals surface area (Å²) in [6.45, 7) is 4.16. The number of ketones is 1. The standard InChI is InChI=1S/C29H26N2O3S/c1-29(2)17-20-11-12-22(34-3)15-23(20)24(31-29)16-25(32)18-8-6-9-21(13-18)30-28(33)27-14-19-7-4-5-10-26(19)35-27/h4-15H,16-17H2,1-3H3,(H,30,33). The number of Topliss-reactive ketones (excluding diaryl/α,β-unsaturated/α-hetero) is 1. The molecular weight excluding hydrogens is 456 g/mol. The molecule has 176 valence electrons. The Hall–Kier alpha value is -3.77. The highest BCUT2D eigenvalue weighted by atomic mass is 32.1. The van der Waals surface area contributed by atoms with Crippen molar-refractivity contribution < 1.29 is 14.3 Å². The number of benzene rings is 3. The number of thiophene rings is 1. The van der Waals surface area contributed by atoms with Crippen molar-refractivity contribution in [3.63, 3.8) is 0 Å². The number of hydrogen-bond acceptors (Lipinski definition) is 5. The molecule has 1 amide bonds. The van der Waals surface area contributed by atoms with Crippen LogP contribution in [0, 0.1) is 0 Å². The molecule has 1 aromatic heterocycles. The van der Waals surface area contributed by atoms with E-state index in [0.29, 0.717) is 16.1 Å². The summed E-state index contributed by atoms with van der Waals surface area (Å²) >= 11 is 1.45. The zero-order chi connectivity index (χ0) is 24.6. The molecule has 0 saturated carbocycles. The van der Waals surface area contributed by atoms with E-state index >= 15 is 0 Å². The van der Waals surface area contributed by atoms with E-state index in [4.69, 9.17) is 9.73 Å². The van der Waals surface area contributed by atoms with Crippen LogP contribution in [0.2, 0.25) is 0 Å². The van der Waals surface area contributed by atoms with Gasteiger partial charge in [0, 0.05) is 21.5 Å². The Balaban J connectivity index is 1.36. The minimum atomic E-state index is -0.280. The number of carbonyl (C=O) groups is 2. The van der Waals surface area contributed by atoms with Gasteiger partial charge < -0.3 is 10.1 Å². The summed E-state index contributed by atoms with van der Waals surface area (Å²) in [5.41, 5.74) is 3.74. The van der Waals surface area contributed by atoms with Gasteiger partial charge in [0.05, 0.1) is 29.7 Å². The average molecular weight is 483 g/mol. The monoisotopic (exact) mass is 482 g/mol. The van der Waals surface area contributed by atoms with Crippen LogP contribution in [0.1, 0.15) is 51.4 Å². The Labute approximate surface area is 208 Å². The van der Waals surface area contributed by atoms with E-state index in [9.17, 15) is 9.59 Å². The van der Waals surface area contributed by atoms with Gasteiger partial charge in [0.25, 0.3) is 5.91 Å². The number of nitrogens with zero attached hydrogens (tertiary/aromatic N) is 1. The first-order valence-corrected chi connectivity index (χ1v) is 12.3. The summed E-state index contributed by atoms with van der Waals surface area (Å²) in [7, 11) is 1.63. The second-order valence-electron chi connectivity index (χ2n) is 9.35. The Morgan fingerprint density at radius 2 is 1.86 bits per heavy atom. The topological polar surface area (TPSA) is 67.8 Å². The Morgan fingerprint density at radius 1 is 1.03 bits per heavy atom. The van der Waals surface area contributed by atoms with E-state index in [1.807, 2.05) is 42.5 Å². The minimum absolute atomic E-state index is 0.0480. The van der Waals surface area contributed by atoms with E-state index in [2.05, 4.69) is 25.2 Å². The van der Waals surface area contributed by atoms with Gasteiger partial charge in [-0.25, -0.2) is 0 Å². The molecule has 35 heavy (non-hydrogen) atoms. The Bertz CT molecular complexity index is 1450. The third-order valence-corrected chi connectivity index (χ3v) is 7.22. The first-order chi connectivity index (χ1) is 16.8. The number of hydrogen-bond donors (Lipinski definition) is 1. The van der Waals surface area contributed by atoms with Gasteiger partial charge in [-0.15, -0.1) is 11.3 Å². The SMILES string of the molecule is COc1ccc2c(c1)C(CC(=O)c1cccc(NC(=O)c3cc4ccccc4s3)c1)=NC(C)(C)C2. The van der Waals surface area contributed by atoms with E-state index in [-0.39, 0.29) is 23.7 Å². The van der Waals surface area contributed by atoms with Gasteiger partial charge in [0.1, 0.15) is 5.75 Å². The van der Waals surface area contributed by atoms with Crippen LogP contribution in [-0.2, 0) is 6.42 Å². The summed E-state index contributed by atoms with van der Waals surface area (Å²) in [6, 6.07) is 22.8. The molecule has 5 nitrogen and oxygen atoms in total. The average Bonchev–Trinajstić information content (AvgIpc) is 3.28. The van der Waals surface area contributed by atoms with Gasteiger partial charge in [0.2, 0.25) is 0 Å². The molecule has 2 heterocycles.